The number of halogens is 1. The fourth-order valence-corrected chi connectivity index (χ4v) is 4.95. The minimum atomic E-state index is -3.00. The molecule has 0 saturated carbocycles. The number of hydrogen-bond acceptors (Lipinski definition) is 4. The topological polar surface area (TPSA) is 46.6 Å². The SMILES string of the molecule is COc1ccc(CN(Cc2ccccc2F)[C@@H]2CCS(=O)(=O)C2)cc1. The van der Waals surface area contributed by atoms with E-state index in [9.17, 15) is 12.8 Å². The number of rotatable bonds is 6. The Bertz CT molecular complexity index is 821. The Morgan fingerprint density at radius 1 is 1.12 bits per heavy atom. The van der Waals surface area contributed by atoms with Crippen molar-refractivity contribution < 1.29 is 17.5 Å². The Hall–Kier alpha value is -1.92. The van der Waals surface area contributed by atoms with Crippen LogP contribution >= 0.6 is 0 Å². The summed E-state index contributed by atoms with van der Waals surface area (Å²) in [4.78, 5) is 2.06. The molecule has 0 spiro atoms. The number of benzene rings is 2. The first-order chi connectivity index (χ1) is 12.0. The fraction of sp³-hybridized carbons (Fsp3) is 0.368. The van der Waals surface area contributed by atoms with Crippen LogP contribution in [-0.2, 0) is 22.9 Å². The lowest BCUT2D eigenvalue weighted by atomic mass is 10.1. The Labute approximate surface area is 148 Å². The van der Waals surface area contributed by atoms with E-state index in [-0.39, 0.29) is 23.4 Å². The van der Waals surface area contributed by atoms with Crippen LogP contribution in [0.1, 0.15) is 17.5 Å². The molecule has 1 saturated heterocycles. The van der Waals surface area contributed by atoms with Crippen LogP contribution in [0, 0.1) is 5.82 Å². The molecule has 0 amide bonds. The maximum atomic E-state index is 14.1. The van der Waals surface area contributed by atoms with E-state index < -0.39 is 9.84 Å². The summed E-state index contributed by atoms with van der Waals surface area (Å²) in [7, 11) is -1.39. The maximum Gasteiger partial charge on any atom is 0.151 e. The largest absolute Gasteiger partial charge is 0.497 e. The molecule has 0 unspecified atom stereocenters. The molecule has 0 bridgehead atoms. The third-order valence-electron chi connectivity index (χ3n) is 4.60. The fourth-order valence-electron chi connectivity index (χ4n) is 3.19. The molecule has 0 aliphatic carbocycles. The molecule has 0 radical (unpaired) electrons. The minimum Gasteiger partial charge on any atom is -0.497 e. The van der Waals surface area contributed by atoms with E-state index in [0.29, 0.717) is 25.1 Å². The predicted molar refractivity (Wildman–Crippen MR) is 95.7 cm³/mol. The first-order valence-electron chi connectivity index (χ1n) is 8.28. The molecule has 4 nitrogen and oxygen atoms in total. The van der Waals surface area contributed by atoms with Gasteiger partial charge in [-0.25, -0.2) is 12.8 Å². The van der Waals surface area contributed by atoms with Crippen molar-refractivity contribution in [2.75, 3.05) is 18.6 Å². The normalized spacial score (nSPS) is 19.2. The monoisotopic (exact) mass is 363 g/mol. The summed E-state index contributed by atoms with van der Waals surface area (Å²) in [5.41, 5.74) is 1.63. The molecule has 1 fully saturated rings. The van der Waals surface area contributed by atoms with Gasteiger partial charge in [0.1, 0.15) is 11.6 Å². The van der Waals surface area contributed by atoms with Gasteiger partial charge in [0.05, 0.1) is 18.6 Å². The van der Waals surface area contributed by atoms with Crippen LogP contribution < -0.4 is 4.74 Å². The van der Waals surface area contributed by atoms with Crippen molar-refractivity contribution in [2.24, 2.45) is 0 Å². The van der Waals surface area contributed by atoms with Crippen LogP contribution in [0.3, 0.4) is 0 Å². The summed E-state index contributed by atoms with van der Waals surface area (Å²) in [6, 6.07) is 14.2. The molecule has 0 aromatic heterocycles. The van der Waals surface area contributed by atoms with Crippen molar-refractivity contribution >= 4 is 9.84 Å². The van der Waals surface area contributed by atoms with E-state index in [1.165, 1.54) is 6.07 Å². The van der Waals surface area contributed by atoms with Gasteiger partial charge in [-0.3, -0.25) is 4.90 Å². The van der Waals surface area contributed by atoms with Gasteiger partial charge in [-0.1, -0.05) is 30.3 Å². The second kappa shape index (κ2) is 7.54. The summed E-state index contributed by atoms with van der Waals surface area (Å²) in [5, 5.41) is 0. The molecular formula is C19H22FNO3S. The molecule has 1 aliphatic heterocycles. The lowest BCUT2D eigenvalue weighted by Crippen LogP contribution is -2.35. The first kappa shape index (κ1) is 17.9. The molecule has 0 N–H and O–H groups in total. The number of ether oxygens (including phenoxy) is 1. The highest BCUT2D eigenvalue weighted by Crippen LogP contribution is 2.24. The van der Waals surface area contributed by atoms with E-state index in [0.717, 1.165) is 11.3 Å². The Morgan fingerprint density at radius 2 is 1.84 bits per heavy atom. The van der Waals surface area contributed by atoms with Gasteiger partial charge in [-0.2, -0.15) is 0 Å². The summed E-state index contributed by atoms with van der Waals surface area (Å²) in [5.74, 6) is 0.849. The standard InChI is InChI=1S/C19H22FNO3S/c1-24-18-8-6-15(7-9-18)12-21(17-10-11-25(22,23)14-17)13-16-4-2-3-5-19(16)20/h2-9,17H,10-14H2,1H3/t17-/m1/s1. The van der Waals surface area contributed by atoms with Gasteiger partial charge in [0.2, 0.25) is 0 Å². The third kappa shape index (κ3) is 4.58. The Balaban J connectivity index is 1.82. The molecule has 1 aliphatic rings. The maximum absolute atomic E-state index is 14.1. The van der Waals surface area contributed by atoms with Gasteiger partial charge in [0.25, 0.3) is 0 Å². The van der Waals surface area contributed by atoms with E-state index in [2.05, 4.69) is 4.90 Å². The van der Waals surface area contributed by atoms with Gasteiger partial charge in [-0.15, -0.1) is 0 Å². The molecule has 1 heterocycles. The van der Waals surface area contributed by atoms with Gasteiger partial charge >= 0.3 is 0 Å². The minimum absolute atomic E-state index is 0.0910. The van der Waals surface area contributed by atoms with Gasteiger partial charge in [0, 0.05) is 24.7 Å². The van der Waals surface area contributed by atoms with Crippen molar-refractivity contribution in [3.8, 4) is 5.75 Å². The Morgan fingerprint density at radius 3 is 2.44 bits per heavy atom. The molecule has 2 aromatic rings. The molecule has 1 atom stereocenters. The zero-order valence-corrected chi connectivity index (χ0v) is 15.0. The van der Waals surface area contributed by atoms with Gasteiger partial charge in [-0.05, 0) is 30.2 Å². The van der Waals surface area contributed by atoms with Crippen LogP contribution in [0.4, 0.5) is 4.39 Å². The van der Waals surface area contributed by atoms with Gasteiger partial charge in [0.15, 0.2) is 9.84 Å². The summed E-state index contributed by atoms with van der Waals surface area (Å²) >= 11 is 0. The first-order valence-corrected chi connectivity index (χ1v) is 10.1. The van der Waals surface area contributed by atoms with Crippen molar-refractivity contribution in [1.82, 2.24) is 4.90 Å². The smallest absolute Gasteiger partial charge is 0.151 e. The summed E-state index contributed by atoms with van der Waals surface area (Å²) < 4.78 is 43.0. The quantitative estimate of drug-likeness (QED) is 0.791. The van der Waals surface area contributed by atoms with Crippen LogP contribution in [0.5, 0.6) is 5.75 Å². The second-order valence-corrected chi connectivity index (χ2v) is 8.63. The van der Waals surface area contributed by atoms with Crippen molar-refractivity contribution in [3.05, 3.63) is 65.5 Å². The molecule has 25 heavy (non-hydrogen) atoms. The highest BCUT2D eigenvalue weighted by molar-refractivity contribution is 7.91. The van der Waals surface area contributed by atoms with E-state index in [1.807, 2.05) is 24.3 Å². The van der Waals surface area contributed by atoms with Crippen molar-refractivity contribution in [1.29, 1.82) is 0 Å². The zero-order chi connectivity index (χ0) is 17.9. The van der Waals surface area contributed by atoms with Crippen molar-refractivity contribution in [3.63, 3.8) is 0 Å². The molecule has 2 aromatic carbocycles. The lowest BCUT2D eigenvalue weighted by Gasteiger charge is -2.28. The van der Waals surface area contributed by atoms with Crippen LogP contribution in [0.2, 0.25) is 0 Å². The zero-order valence-electron chi connectivity index (χ0n) is 14.2. The number of methoxy groups -OCH3 is 1. The lowest BCUT2D eigenvalue weighted by molar-refractivity contribution is 0.192. The van der Waals surface area contributed by atoms with Crippen molar-refractivity contribution in [2.45, 2.75) is 25.6 Å². The third-order valence-corrected chi connectivity index (χ3v) is 6.35. The average molecular weight is 363 g/mol. The van der Waals surface area contributed by atoms with Crippen LogP contribution in [0.15, 0.2) is 48.5 Å². The number of sulfone groups is 1. The van der Waals surface area contributed by atoms with Crippen LogP contribution in [-0.4, -0.2) is 38.0 Å². The molecular weight excluding hydrogens is 341 g/mol. The highest BCUT2D eigenvalue weighted by atomic mass is 32.2. The Kier molecular flexibility index (Phi) is 5.39. The van der Waals surface area contributed by atoms with E-state index in [4.69, 9.17) is 4.74 Å². The average Bonchev–Trinajstić information content (AvgIpc) is 2.97. The van der Waals surface area contributed by atoms with E-state index >= 15 is 0 Å². The summed E-state index contributed by atoms with van der Waals surface area (Å²) in [6.07, 6.45) is 0.590. The number of nitrogens with zero attached hydrogens (tertiary/aromatic N) is 1. The number of hydrogen-bond donors (Lipinski definition) is 0. The second-order valence-electron chi connectivity index (χ2n) is 6.40. The molecule has 3 rings (SSSR count). The van der Waals surface area contributed by atoms with Crippen LogP contribution in [0.25, 0.3) is 0 Å². The molecule has 6 heteroatoms. The predicted octanol–water partition coefficient (Wildman–Crippen LogP) is 3.02. The van der Waals surface area contributed by atoms with E-state index in [1.54, 1.807) is 25.3 Å². The van der Waals surface area contributed by atoms with Gasteiger partial charge < -0.3 is 4.74 Å². The molecule has 134 valence electrons. The highest BCUT2D eigenvalue weighted by Gasteiger charge is 2.32. The summed E-state index contributed by atoms with van der Waals surface area (Å²) in [6.45, 7) is 0.956.